The number of carboxylic acid groups (broad SMARTS) is 1. The quantitative estimate of drug-likeness (QED) is 0.354. The van der Waals surface area contributed by atoms with E-state index in [9.17, 15) is 9.90 Å². The Hall–Kier alpha value is -3.22. The van der Waals surface area contributed by atoms with E-state index in [2.05, 4.69) is 36.1 Å². The maximum atomic E-state index is 15.6. The first kappa shape index (κ1) is 28.3. The molecule has 0 unspecified atom stereocenters. The van der Waals surface area contributed by atoms with Crippen LogP contribution in [0, 0.1) is 26.6 Å². The Morgan fingerprint density at radius 2 is 1.77 bits per heavy atom. The molecular weight excluding hydrogens is 505 g/mol. The van der Waals surface area contributed by atoms with Gasteiger partial charge in [-0.1, -0.05) is 30.3 Å². The fourth-order valence-electron chi connectivity index (χ4n) is 6.44. The van der Waals surface area contributed by atoms with E-state index >= 15 is 4.39 Å². The summed E-state index contributed by atoms with van der Waals surface area (Å²) in [4.78, 5) is 15.2. The predicted octanol–water partition coefficient (Wildman–Crippen LogP) is 7.24. The van der Waals surface area contributed by atoms with Crippen LogP contribution in [0.1, 0.15) is 77.8 Å². The Labute approximate surface area is 236 Å². The van der Waals surface area contributed by atoms with Crippen molar-refractivity contribution in [2.75, 3.05) is 13.2 Å². The van der Waals surface area contributed by atoms with Crippen LogP contribution in [0.3, 0.4) is 0 Å². The fraction of sp³-hybridized carbons (Fsp3) is 0.441. The summed E-state index contributed by atoms with van der Waals surface area (Å²) in [7, 11) is 0. The predicted molar refractivity (Wildman–Crippen MR) is 155 cm³/mol. The highest BCUT2D eigenvalue weighted by atomic mass is 19.1. The smallest absolute Gasteiger partial charge is 0.337 e. The van der Waals surface area contributed by atoms with E-state index in [-0.39, 0.29) is 0 Å². The number of aliphatic carboxylic acids is 1. The lowest BCUT2D eigenvalue weighted by atomic mass is 9.78. The summed E-state index contributed by atoms with van der Waals surface area (Å²) in [6.45, 7) is 14.6. The maximum absolute atomic E-state index is 15.6. The van der Waals surface area contributed by atoms with Crippen molar-refractivity contribution in [3.8, 4) is 16.9 Å². The third-order valence-corrected chi connectivity index (χ3v) is 8.29. The molecule has 40 heavy (non-hydrogen) atoms. The molecule has 5 nitrogen and oxygen atoms in total. The number of carbonyl (C=O) groups is 1. The van der Waals surface area contributed by atoms with Crippen LogP contribution in [-0.2, 0) is 35.5 Å². The van der Waals surface area contributed by atoms with Gasteiger partial charge < -0.3 is 14.6 Å². The highest BCUT2D eigenvalue weighted by Gasteiger charge is 2.36. The van der Waals surface area contributed by atoms with E-state index in [1.165, 1.54) is 22.8 Å². The molecule has 3 aromatic carbocycles. The molecule has 2 aliphatic rings. The summed E-state index contributed by atoms with van der Waals surface area (Å²) < 4.78 is 27.5. The second-order valence-corrected chi connectivity index (χ2v) is 12.2. The molecule has 0 spiro atoms. The number of carboxylic acids is 1. The van der Waals surface area contributed by atoms with Crippen molar-refractivity contribution in [1.29, 1.82) is 0 Å². The molecule has 3 aromatic rings. The summed E-state index contributed by atoms with van der Waals surface area (Å²) >= 11 is 0. The third-order valence-electron chi connectivity index (χ3n) is 8.29. The molecule has 1 N–H and O–H groups in total. The van der Waals surface area contributed by atoms with Crippen LogP contribution in [0.25, 0.3) is 11.1 Å². The zero-order valence-corrected chi connectivity index (χ0v) is 24.5. The Morgan fingerprint density at radius 3 is 2.45 bits per heavy atom. The Morgan fingerprint density at radius 1 is 1.05 bits per heavy atom. The van der Waals surface area contributed by atoms with Crippen LogP contribution in [0.5, 0.6) is 5.75 Å². The van der Waals surface area contributed by atoms with E-state index in [4.69, 9.17) is 9.47 Å². The van der Waals surface area contributed by atoms with Gasteiger partial charge in [0.2, 0.25) is 0 Å². The zero-order chi connectivity index (χ0) is 28.8. The zero-order valence-electron chi connectivity index (χ0n) is 24.5. The van der Waals surface area contributed by atoms with E-state index in [0.717, 1.165) is 72.3 Å². The molecule has 5 rings (SSSR count). The molecule has 0 aromatic heterocycles. The summed E-state index contributed by atoms with van der Waals surface area (Å²) in [6, 6.07) is 12.0. The first-order chi connectivity index (χ1) is 19.0. The Bertz CT molecular complexity index is 1440. The van der Waals surface area contributed by atoms with Gasteiger partial charge in [-0.05, 0) is 111 Å². The summed E-state index contributed by atoms with van der Waals surface area (Å²) in [5.74, 6) is -1.11. The summed E-state index contributed by atoms with van der Waals surface area (Å²) in [6.07, 6.45) is 1.19. The second-order valence-electron chi connectivity index (χ2n) is 12.2. The van der Waals surface area contributed by atoms with E-state index in [1.807, 2.05) is 40.7 Å². The average molecular weight is 546 g/mol. The first-order valence-corrected chi connectivity index (χ1v) is 14.2. The number of hydrogen-bond acceptors (Lipinski definition) is 4. The fourth-order valence-corrected chi connectivity index (χ4v) is 6.44. The average Bonchev–Trinajstić information content (AvgIpc) is 2.91. The molecular formula is C34H40FNO4. The normalized spacial score (nSPS) is 16.2. The number of ether oxygens (including phenoxy) is 2. The van der Waals surface area contributed by atoms with Gasteiger partial charge in [-0.2, -0.15) is 0 Å². The molecule has 2 aliphatic heterocycles. The van der Waals surface area contributed by atoms with E-state index in [0.29, 0.717) is 17.9 Å². The minimum Gasteiger partial charge on any atom is -0.490 e. The van der Waals surface area contributed by atoms with Gasteiger partial charge in [0.05, 0.1) is 12.2 Å². The molecule has 1 atom stereocenters. The van der Waals surface area contributed by atoms with Crippen molar-refractivity contribution in [3.63, 3.8) is 0 Å². The molecule has 0 saturated heterocycles. The lowest BCUT2D eigenvalue weighted by molar-refractivity contribution is -0.160. The lowest BCUT2D eigenvalue weighted by Gasteiger charge is -2.36. The van der Waals surface area contributed by atoms with Gasteiger partial charge >= 0.3 is 5.97 Å². The van der Waals surface area contributed by atoms with Gasteiger partial charge in [0.15, 0.2) is 17.7 Å². The molecule has 6 heteroatoms. The number of halogens is 1. The second kappa shape index (κ2) is 11.0. The van der Waals surface area contributed by atoms with Crippen LogP contribution in [0.4, 0.5) is 4.39 Å². The minimum atomic E-state index is -1.18. The highest BCUT2D eigenvalue weighted by Crippen LogP contribution is 2.46. The topological polar surface area (TPSA) is 59.0 Å². The number of hydrogen-bond donors (Lipinski definition) is 1. The van der Waals surface area contributed by atoms with Gasteiger partial charge in [-0.25, -0.2) is 9.18 Å². The molecule has 0 bridgehead atoms. The van der Waals surface area contributed by atoms with Crippen LogP contribution in [-0.4, -0.2) is 34.7 Å². The van der Waals surface area contributed by atoms with Crippen molar-refractivity contribution < 1.29 is 23.8 Å². The molecule has 0 radical (unpaired) electrons. The number of nitrogens with zero attached hydrogens (tertiary/aromatic N) is 1. The van der Waals surface area contributed by atoms with Gasteiger partial charge in [0.25, 0.3) is 0 Å². The Balaban J connectivity index is 1.73. The van der Waals surface area contributed by atoms with Gasteiger partial charge in [0.1, 0.15) is 0 Å². The molecule has 0 amide bonds. The summed E-state index contributed by atoms with van der Waals surface area (Å²) in [5.41, 5.74) is 8.83. The lowest BCUT2D eigenvalue weighted by Crippen LogP contribution is -2.33. The van der Waals surface area contributed by atoms with Gasteiger partial charge in [0, 0.05) is 30.8 Å². The highest BCUT2D eigenvalue weighted by molar-refractivity contribution is 5.85. The third kappa shape index (κ3) is 5.39. The molecule has 0 saturated carbocycles. The van der Waals surface area contributed by atoms with Gasteiger partial charge in [-0.3, -0.25) is 4.90 Å². The SMILES string of the molecule is Cc1c(-c2c(C)c3c(c(C)c2[C@H](OC(C)(C)C)C(=O)O)CCN(Cc2ccccc2)C3)cc(F)c2c1CCCO2. The van der Waals surface area contributed by atoms with Crippen molar-refractivity contribution in [2.24, 2.45) is 0 Å². The van der Waals surface area contributed by atoms with E-state index in [1.54, 1.807) is 0 Å². The molecule has 0 fully saturated rings. The summed E-state index contributed by atoms with van der Waals surface area (Å²) in [5, 5.41) is 10.5. The Kier molecular flexibility index (Phi) is 7.77. The van der Waals surface area contributed by atoms with Crippen molar-refractivity contribution in [2.45, 2.75) is 85.6 Å². The molecule has 0 aliphatic carbocycles. The monoisotopic (exact) mass is 545 g/mol. The largest absolute Gasteiger partial charge is 0.490 e. The van der Waals surface area contributed by atoms with Crippen LogP contribution in [0.2, 0.25) is 0 Å². The molecule has 2 heterocycles. The van der Waals surface area contributed by atoms with Crippen LogP contribution < -0.4 is 4.74 Å². The standard InChI is InChI=1S/C34H40FNO4/c1-20-25-13-10-16-39-31(25)28(35)17-26(20)29-22(3)27-19-36(18-23-11-8-7-9-12-23)15-14-24(27)21(2)30(29)32(33(37)38)40-34(4,5)6/h7-9,11-12,17,32H,10,13-16,18-19H2,1-6H3,(H,37,38)/t32-/m0/s1. The van der Waals surface area contributed by atoms with Gasteiger partial charge in [-0.15, -0.1) is 0 Å². The van der Waals surface area contributed by atoms with E-state index < -0.39 is 23.5 Å². The van der Waals surface area contributed by atoms with Crippen molar-refractivity contribution in [3.05, 3.63) is 86.7 Å². The number of rotatable bonds is 6. The van der Waals surface area contributed by atoms with Crippen LogP contribution in [0.15, 0.2) is 36.4 Å². The minimum absolute atomic E-state index is 0.330. The molecule has 212 valence electrons. The van der Waals surface area contributed by atoms with Crippen LogP contribution >= 0.6 is 0 Å². The first-order valence-electron chi connectivity index (χ1n) is 14.2. The van der Waals surface area contributed by atoms with Crippen molar-refractivity contribution >= 4 is 5.97 Å². The number of fused-ring (bicyclic) bond motifs is 2. The maximum Gasteiger partial charge on any atom is 0.337 e. The number of benzene rings is 3. The van der Waals surface area contributed by atoms with Crippen molar-refractivity contribution in [1.82, 2.24) is 4.90 Å².